The first-order valence-corrected chi connectivity index (χ1v) is 6.27. The predicted octanol–water partition coefficient (Wildman–Crippen LogP) is 3.51. The Morgan fingerprint density at radius 1 is 1.05 bits per heavy atom. The van der Waals surface area contributed by atoms with Crippen molar-refractivity contribution in [2.75, 3.05) is 7.11 Å². The number of allylic oxidation sites excluding steroid dienone is 1. The highest BCUT2D eigenvalue weighted by atomic mass is 19.1. The molecule has 0 aliphatic carbocycles. The summed E-state index contributed by atoms with van der Waals surface area (Å²) < 4.78 is 18.0. The van der Waals surface area contributed by atoms with E-state index in [0.29, 0.717) is 5.56 Å². The van der Waals surface area contributed by atoms with Gasteiger partial charge in [0.2, 0.25) is 0 Å². The molecular weight excluding hydrogens is 271 g/mol. The van der Waals surface area contributed by atoms with E-state index in [-0.39, 0.29) is 5.56 Å². The van der Waals surface area contributed by atoms with Crippen LogP contribution in [0, 0.1) is 5.82 Å². The van der Waals surface area contributed by atoms with Crippen molar-refractivity contribution in [1.29, 1.82) is 0 Å². The topological polar surface area (TPSA) is 43.4 Å². The summed E-state index contributed by atoms with van der Waals surface area (Å²) in [6.45, 7) is 0. The third-order valence-electron chi connectivity index (χ3n) is 2.90. The molecule has 21 heavy (non-hydrogen) atoms. The van der Waals surface area contributed by atoms with E-state index in [1.165, 1.54) is 31.4 Å². The second-order valence-electron chi connectivity index (χ2n) is 4.29. The maximum absolute atomic E-state index is 13.4. The fourth-order valence-electron chi connectivity index (χ4n) is 1.77. The standard InChI is InChI=1S/C17H13FO3/c1-21-17(20)13-9-6-12(7-10-13)8-11-16(19)14-4-2-3-5-15(14)18/h2-11H,1H3. The zero-order valence-electron chi connectivity index (χ0n) is 11.4. The lowest BCUT2D eigenvalue weighted by Gasteiger charge is -2.00. The summed E-state index contributed by atoms with van der Waals surface area (Å²) in [6, 6.07) is 12.4. The zero-order chi connectivity index (χ0) is 15.2. The van der Waals surface area contributed by atoms with E-state index in [4.69, 9.17) is 0 Å². The van der Waals surface area contributed by atoms with E-state index >= 15 is 0 Å². The maximum atomic E-state index is 13.4. The molecule has 106 valence electrons. The van der Waals surface area contributed by atoms with Gasteiger partial charge in [-0.3, -0.25) is 4.79 Å². The highest BCUT2D eigenvalue weighted by molar-refractivity contribution is 6.07. The van der Waals surface area contributed by atoms with Crippen LogP contribution in [0.3, 0.4) is 0 Å². The first kappa shape index (κ1) is 14.7. The van der Waals surface area contributed by atoms with Gasteiger partial charge in [0, 0.05) is 0 Å². The predicted molar refractivity (Wildman–Crippen MR) is 77.5 cm³/mol. The lowest BCUT2D eigenvalue weighted by molar-refractivity contribution is 0.0600. The quantitative estimate of drug-likeness (QED) is 0.490. The lowest BCUT2D eigenvalue weighted by atomic mass is 10.1. The Bertz CT molecular complexity index is 687. The van der Waals surface area contributed by atoms with Crippen molar-refractivity contribution >= 4 is 17.8 Å². The summed E-state index contributed by atoms with van der Waals surface area (Å²) in [6.07, 6.45) is 2.86. The molecule has 0 unspecified atom stereocenters. The molecule has 0 atom stereocenters. The SMILES string of the molecule is COC(=O)c1ccc(C=CC(=O)c2ccccc2F)cc1. The molecule has 3 nitrogen and oxygen atoms in total. The molecule has 0 bridgehead atoms. The Labute approximate surface area is 121 Å². The van der Waals surface area contributed by atoms with Crippen LogP contribution >= 0.6 is 0 Å². The van der Waals surface area contributed by atoms with Crippen LogP contribution in [0.5, 0.6) is 0 Å². The monoisotopic (exact) mass is 284 g/mol. The highest BCUT2D eigenvalue weighted by Gasteiger charge is 2.07. The van der Waals surface area contributed by atoms with Gasteiger partial charge in [-0.05, 0) is 35.9 Å². The third kappa shape index (κ3) is 3.63. The van der Waals surface area contributed by atoms with E-state index in [9.17, 15) is 14.0 Å². The van der Waals surface area contributed by atoms with Gasteiger partial charge in [-0.1, -0.05) is 30.3 Å². The first-order valence-electron chi connectivity index (χ1n) is 6.27. The summed E-state index contributed by atoms with van der Waals surface area (Å²) in [5.74, 6) is -1.38. The minimum Gasteiger partial charge on any atom is -0.465 e. The molecule has 0 aromatic heterocycles. The van der Waals surface area contributed by atoms with Gasteiger partial charge >= 0.3 is 5.97 Å². The van der Waals surface area contributed by atoms with E-state index < -0.39 is 17.6 Å². The largest absolute Gasteiger partial charge is 0.465 e. The van der Waals surface area contributed by atoms with Gasteiger partial charge in [0.25, 0.3) is 0 Å². The second-order valence-corrected chi connectivity index (χ2v) is 4.29. The van der Waals surface area contributed by atoms with E-state index in [0.717, 1.165) is 5.56 Å². The average Bonchev–Trinajstić information content (AvgIpc) is 2.52. The van der Waals surface area contributed by atoms with Crippen LogP contribution in [0.4, 0.5) is 4.39 Å². The fraction of sp³-hybridized carbons (Fsp3) is 0.0588. The number of benzene rings is 2. The Kier molecular flexibility index (Phi) is 4.61. The minimum atomic E-state index is -0.548. The molecular formula is C17H13FO3. The number of esters is 1. The van der Waals surface area contributed by atoms with Crippen LogP contribution in [-0.2, 0) is 4.74 Å². The Balaban J connectivity index is 2.13. The molecule has 4 heteroatoms. The van der Waals surface area contributed by atoms with Crippen LogP contribution < -0.4 is 0 Å². The molecule has 2 rings (SSSR count). The van der Waals surface area contributed by atoms with Gasteiger partial charge in [0.05, 0.1) is 18.2 Å². The number of methoxy groups -OCH3 is 1. The molecule has 0 aliphatic rings. The molecule has 0 heterocycles. The lowest BCUT2D eigenvalue weighted by Crippen LogP contribution is -2.00. The molecule has 0 spiro atoms. The first-order chi connectivity index (χ1) is 10.1. The van der Waals surface area contributed by atoms with Crippen molar-refractivity contribution < 1.29 is 18.7 Å². The number of carbonyl (C=O) groups excluding carboxylic acids is 2. The molecule has 2 aromatic carbocycles. The Morgan fingerprint density at radius 3 is 2.33 bits per heavy atom. The average molecular weight is 284 g/mol. The van der Waals surface area contributed by atoms with Gasteiger partial charge < -0.3 is 4.74 Å². The Hall–Kier alpha value is -2.75. The van der Waals surface area contributed by atoms with Gasteiger partial charge in [0.1, 0.15) is 5.82 Å². The summed E-state index contributed by atoms with van der Waals surface area (Å²) >= 11 is 0. The van der Waals surface area contributed by atoms with Crippen molar-refractivity contribution in [2.24, 2.45) is 0 Å². The maximum Gasteiger partial charge on any atom is 0.337 e. The fourth-order valence-corrected chi connectivity index (χ4v) is 1.77. The smallest absolute Gasteiger partial charge is 0.337 e. The number of ether oxygens (including phenoxy) is 1. The molecule has 0 fully saturated rings. The number of hydrogen-bond donors (Lipinski definition) is 0. The van der Waals surface area contributed by atoms with Crippen molar-refractivity contribution in [3.63, 3.8) is 0 Å². The van der Waals surface area contributed by atoms with Crippen LogP contribution in [0.1, 0.15) is 26.3 Å². The second kappa shape index (κ2) is 6.61. The number of rotatable bonds is 4. The number of ketones is 1. The third-order valence-corrected chi connectivity index (χ3v) is 2.90. The normalized spacial score (nSPS) is 10.6. The van der Waals surface area contributed by atoms with Crippen molar-refractivity contribution in [2.45, 2.75) is 0 Å². The van der Waals surface area contributed by atoms with Crippen molar-refractivity contribution in [3.05, 3.63) is 77.1 Å². The van der Waals surface area contributed by atoms with Crippen LogP contribution in [-0.4, -0.2) is 18.9 Å². The molecule has 0 N–H and O–H groups in total. The molecule has 0 saturated heterocycles. The Morgan fingerprint density at radius 2 is 1.71 bits per heavy atom. The summed E-state index contributed by atoms with van der Waals surface area (Å²) in [4.78, 5) is 23.1. The molecule has 0 amide bonds. The summed E-state index contributed by atoms with van der Waals surface area (Å²) in [7, 11) is 1.31. The van der Waals surface area contributed by atoms with Gasteiger partial charge in [-0.25, -0.2) is 9.18 Å². The zero-order valence-corrected chi connectivity index (χ0v) is 11.4. The molecule has 0 radical (unpaired) electrons. The van der Waals surface area contributed by atoms with E-state index in [1.54, 1.807) is 36.4 Å². The van der Waals surface area contributed by atoms with Crippen molar-refractivity contribution in [1.82, 2.24) is 0 Å². The van der Waals surface area contributed by atoms with E-state index in [2.05, 4.69) is 4.74 Å². The van der Waals surface area contributed by atoms with E-state index in [1.807, 2.05) is 0 Å². The summed E-state index contributed by atoms with van der Waals surface area (Å²) in [5, 5.41) is 0. The van der Waals surface area contributed by atoms with Gasteiger partial charge in [0.15, 0.2) is 5.78 Å². The number of halogens is 1. The van der Waals surface area contributed by atoms with Crippen LogP contribution in [0.15, 0.2) is 54.6 Å². The van der Waals surface area contributed by atoms with Crippen LogP contribution in [0.25, 0.3) is 6.08 Å². The molecule has 2 aromatic rings. The summed E-state index contributed by atoms with van der Waals surface area (Å²) in [5.41, 5.74) is 1.18. The van der Waals surface area contributed by atoms with Crippen LogP contribution in [0.2, 0.25) is 0 Å². The molecule has 0 aliphatic heterocycles. The highest BCUT2D eigenvalue weighted by Crippen LogP contribution is 2.11. The minimum absolute atomic E-state index is 0.0277. The number of carbonyl (C=O) groups is 2. The van der Waals surface area contributed by atoms with Gasteiger partial charge in [-0.2, -0.15) is 0 Å². The van der Waals surface area contributed by atoms with Crippen molar-refractivity contribution in [3.8, 4) is 0 Å². The number of hydrogen-bond acceptors (Lipinski definition) is 3. The molecule has 0 saturated carbocycles. The van der Waals surface area contributed by atoms with Gasteiger partial charge in [-0.15, -0.1) is 0 Å².